The van der Waals surface area contributed by atoms with Crippen molar-refractivity contribution in [1.82, 2.24) is 9.80 Å². The van der Waals surface area contributed by atoms with Gasteiger partial charge in [-0.05, 0) is 51.5 Å². The van der Waals surface area contributed by atoms with E-state index in [4.69, 9.17) is 9.47 Å². The molecule has 6 nitrogen and oxygen atoms in total. The Bertz CT molecular complexity index is 637. The molecule has 2 amide bonds. The second-order valence-electron chi connectivity index (χ2n) is 6.17. The molecule has 0 spiro atoms. The van der Waals surface area contributed by atoms with Gasteiger partial charge in [-0.1, -0.05) is 6.07 Å². The molecular weight excluding hydrogens is 332 g/mol. The second-order valence-corrected chi connectivity index (χ2v) is 6.17. The van der Waals surface area contributed by atoms with Crippen molar-refractivity contribution < 1.29 is 19.1 Å². The summed E-state index contributed by atoms with van der Waals surface area (Å²) >= 11 is 0. The van der Waals surface area contributed by atoms with Crippen LogP contribution < -0.4 is 9.47 Å². The minimum atomic E-state index is -0.230. The average Bonchev–Trinajstić information content (AvgIpc) is 2.60. The molecule has 0 radical (unpaired) electrons. The number of nitrogens with zero attached hydrogens (tertiary/aromatic N) is 2. The van der Waals surface area contributed by atoms with Crippen LogP contribution in [0.3, 0.4) is 0 Å². The average molecular weight is 362 g/mol. The van der Waals surface area contributed by atoms with Crippen LogP contribution in [-0.2, 0) is 9.59 Å². The number of amides is 2. The van der Waals surface area contributed by atoms with Crippen molar-refractivity contribution in [1.29, 1.82) is 0 Å². The van der Waals surface area contributed by atoms with Crippen LogP contribution in [0.5, 0.6) is 11.5 Å². The summed E-state index contributed by atoms with van der Waals surface area (Å²) in [5.41, 5.74) is 0.815. The van der Waals surface area contributed by atoms with Gasteiger partial charge in [0.05, 0.1) is 19.8 Å². The van der Waals surface area contributed by atoms with Crippen LogP contribution in [0.15, 0.2) is 24.3 Å². The van der Waals surface area contributed by atoms with Crippen molar-refractivity contribution in [3.63, 3.8) is 0 Å². The molecule has 0 aromatic heterocycles. The first-order valence-corrected chi connectivity index (χ1v) is 8.87. The molecule has 0 N–H and O–H groups in total. The summed E-state index contributed by atoms with van der Waals surface area (Å²) in [4.78, 5) is 27.4. The molecule has 0 saturated heterocycles. The third kappa shape index (κ3) is 6.43. The van der Waals surface area contributed by atoms with Crippen molar-refractivity contribution in [2.75, 3.05) is 33.8 Å². The maximum Gasteiger partial charge on any atom is 0.246 e. The fourth-order valence-electron chi connectivity index (χ4n) is 2.39. The molecule has 0 aliphatic carbocycles. The molecule has 0 fully saturated rings. The van der Waals surface area contributed by atoms with Gasteiger partial charge >= 0.3 is 0 Å². The second kappa shape index (κ2) is 10.5. The van der Waals surface area contributed by atoms with Gasteiger partial charge in [-0.15, -0.1) is 0 Å². The van der Waals surface area contributed by atoms with Crippen molar-refractivity contribution in [2.45, 2.75) is 33.8 Å². The number of ether oxygens (including phenoxy) is 2. The van der Waals surface area contributed by atoms with E-state index in [1.165, 1.54) is 11.0 Å². The van der Waals surface area contributed by atoms with Gasteiger partial charge in [0.15, 0.2) is 11.5 Å². The molecular formula is C20H30N2O4. The van der Waals surface area contributed by atoms with Crippen LogP contribution in [0.4, 0.5) is 0 Å². The molecule has 26 heavy (non-hydrogen) atoms. The molecule has 1 aromatic rings. The first-order valence-electron chi connectivity index (χ1n) is 8.87. The fourth-order valence-corrected chi connectivity index (χ4v) is 2.39. The summed E-state index contributed by atoms with van der Waals surface area (Å²) in [5.74, 6) is 0.981. The molecule has 144 valence electrons. The number of methoxy groups -OCH3 is 1. The van der Waals surface area contributed by atoms with Gasteiger partial charge in [0, 0.05) is 26.2 Å². The quantitative estimate of drug-likeness (QED) is 0.634. The van der Waals surface area contributed by atoms with E-state index in [1.54, 1.807) is 25.1 Å². The van der Waals surface area contributed by atoms with Crippen molar-refractivity contribution in [3.05, 3.63) is 29.8 Å². The van der Waals surface area contributed by atoms with Crippen LogP contribution in [-0.4, -0.2) is 61.5 Å². The molecule has 1 aromatic carbocycles. The lowest BCUT2D eigenvalue weighted by Gasteiger charge is -2.22. The molecule has 0 heterocycles. The summed E-state index contributed by atoms with van der Waals surface area (Å²) in [6.07, 6.45) is 3.19. The molecule has 0 bridgehead atoms. The highest BCUT2D eigenvalue weighted by Crippen LogP contribution is 2.29. The predicted molar refractivity (Wildman–Crippen MR) is 103 cm³/mol. The van der Waals surface area contributed by atoms with Gasteiger partial charge < -0.3 is 19.3 Å². The monoisotopic (exact) mass is 362 g/mol. The predicted octanol–water partition coefficient (Wildman–Crippen LogP) is 2.82. The number of carbonyl (C=O) groups is 2. The maximum atomic E-state index is 12.2. The number of rotatable bonds is 9. The van der Waals surface area contributed by atoms with Crippen LogP contribution in [0.2, 0.25) is 0 Å². The van der Waals surface area contributed by atoms with Crippen molar-refractivity contribution in [3.8, 4) is 11.5 Å². The number of carbonyl (C=O) groups excluding carboxylic acids is 2. The topological polar surface area (TPSA) is 59.1 Å². The summed E-state index contributed by atoms with van der Waals surface area (Å²) in [7, 11) is 3.20. The summed E-state index contributed by atoms with van der Waals surface area (Å²) < 4.78 is 11.0. The smallest absolute Gasteiger partial charge is 0.246 e. The van der Waals surface area contributed by atoms with Gasteiger partial charge in [0.25, 0.3) is 0 Å². The van der Waals surface area contributed by atoms with Gasteiger partial charge in [0.1, 0.15) is 0 Å². The highest BCUT2D eigenvalue weighted by Gasteiger charge is 2.15. The highest BCUT2D eigenvalue weighted by molar-refractivity contribution is 5.94. The molecule has 0 saturated carbocycles. The lowest BCUT2D eigenvalue weighted by atomic mass is 10.2. The molecule has 0 aliphatic heterocycles. The highest BCUT2D eigenvalue weighted by atomic mass is 16.5. The minimum absolute atomic E-state index is 0.0452. The van der Waals surface area contributed by atoms with Crippen molar-refractivity contribution in [2.24, 2.45) is 0 Å². The van der Waals surface area contributed by atoms with Gasteiger partial charge in [0.2, 0.25) is 11.8 Å². The SMILES string of the molecule is CCN(CC)C(=O)CN(C)C(=O)/C=C/c1ccc(OC(C)C)c(OC)c1. The van der Waals surface area contributed by atoms with E-state index in [0.717, 1.165) is 5.56 Å². The van der Waals surface area contributed by atoms with E-state index in [-0.39, 0.29) is 24.5 Å². The first-order chi connectivity index (χ1) is 12.3. The van der Waals surface area contributed by atoms with E-state index in [0.29, 0.717) is 24.6 Å². The zero-order valence-electron chi connectivity index (χ0n) is 16.6. The number of benzene rings is 1. The fraction of sp³-hybridized carbons (Fsp3) is 0.500. The Morgan fingerprint density at radius 1 is 1.15 bits per heavy atom. The molecule has 0 unspecified atom stereocenters. The normalized spacial score (nSPS) is 10.9. The standard InChI is InChI=1S/C20H30N2O4/c1-7-22(8-2)20(24)14-21(5)19(23)12-10-16-9-11-17(26-15(3)4)18(13-16)25-6/h9-13,15H,7-8,14H2,1-6H3/b12-10+. The Labute approximate surface area is 156 Å². The Balaban J connectivity index is 2.76. The van der Waals surface area contributed by atoms with Crippen LogP contribution in [0.1, 0.15) is 33.3 Å². The number of likely N-dealkylation sites (N-methyl/N-ethyl adjacent to an activating group) is 2. The van der Waals surface area contributed by atoms with Crippen molar-refractivity contribution >= 4 is 17.9 Å². The van der Waals surface area contributed by atoms with Gasteiger partial charge in [-0.2, -0.15) is 0 Å². The van der Waals surface area contributed by atoms with Gasteiger partial charge in [-0.3, -0.25) is 9.59 Å². The lowest BCUT2D eigenvalue weighted by molar-refractivity contribution is -0.136. The van der Waals surface area contributed by atoms with E-state index in [1.807, 2.05) is 45.9 Å². The zero-order chi connectivity index (χ0) is 19.7. The summed E-state index contributed by atoms with van der Waals surface area (Å²) in [6.45, 7) is 9.07. The Hall–Kier alpha value is -2.50. The minimum Gasteiger partial charge on any atom is -0.493 e. The lowest BCUT2D eigenvalue weighted by Crippen LogP contribution is -2.40. The van der Waals surface area contributed by atoms with Crippen LogP contribution in [0.25, 0.3) is 6.08 Å². The van der Waals surface area contributed by atoms with Crippen LogP contribution in [0, 0.1) is 0 Å². The third-order valence-electron chi connectivity index (χ3n) is 3.83. The number of hydrogen-bond acceptors (Lipinski definition) is 4. The maximum absolute atomic E-state index is 12.2. The summed E-state index contributed by atoms with van der Waals surface area (Å²) in [6, 6.07) is 5.48. The van der Waals surface area contributed by atoms with Crippen LogP contribution >= 0.6 is 0 Å². The number of hydrogen-bond donors (Lipinski definition) is 0. The van der Waals surface area contributed by atoms with Gasteiger partial charge in [-0.25, -0.2) is 0 Å². The Morgan fingerprint density at radius 3 is 2.35 bits per heavy atom. The first kappa shape index (κ1) is 21.5. The Kier molecular flexibility index (Phi) is 8.68. The van der Waals surface area contributed by atoms with E-state index in [9.17, 15) is 9.59 Å². The zero-order valence-corrected chi connectivity index (χ0v) is 16.6. The molecule has 0 aliphatic rings. The molecule has 0 atom stereocenters. The van der Waals surface area contributed by atoms with E-state index < -0.39 is 0 Å². The molecule has 6 heteroatoms. The Morgan fingerprint density at radius 2 is 1.81 bits per heavy atom. The molecule has 1 rings (SSSR count). The van der Waals surface area contributed by atoms with E-state index in [2.05, 4.69) is 0 Å². The van der Waals surface area contributed by atoms with E-state index >= 15 is 0 Å². The summed E-state index contributed by atoms with van der Waals surface area (Å²) in [5, 5.41) is 0. The largest absolute Gasteiger partial charge is 0.493 e. The third-order valence-corrected chi connectivity index (χ3v) is 3.83.